The lowest BCUT2D eigenvalue weighted by atomic mass is 9.93. The van der Waals surface area contributed by atoms with Gasteiger partial charge in [0.1, 0.15) is 5.52 Å². The zero-order valence-corrected chi connectivity index (χ0v) is 13.3. The molecule has 1 atom stereocenters. The molecule has 2 heterocycles. The topological polar surface area (TPSA) is 90.9 Å². The Morgan fingerprint density at radius 2 is 2.17 bits per heavy atom. The molecule has 0 radical (unpaired) electrons. The summed E-state index contributed by atoms with van der Waals surface area (Å²) in [6, 6.07) is -0.276. The van der Waals surface area contributed by atoms with Crippen molar-refractivity contribution in [3.63, 3.8) is 0 Å². The SMILES string of the molecule is CC(NC(=O)c1c[nH]c2ncc(C3CC3)nc12)C1(O)CCCC1. The fourth-order valence-corrected chi connectivity index (χ4v) is 3.48. The summed E-state index contributed by atoms with van der Waals surface area (Å²) in [5, 5.41) is 13.5. The average Bonchev–Trinajstić information content (AvgIpc) is 3.15. The lowest BCUT2D eigenvalue weighted by Crippen LogP contribution is -2.49. The van der Waals surface area contributed by atoms with Gasteiger partial charge in [-0.3, -0.25) is 4.79 Å². The summed E-state index contributed by atoms with van der Waals surface area (Å²) < 4.78 is 0. The van der Waals surface area contributed by atoms with E-state index in [0.717, 1.165) is 44.2 Å². The van der Waals surface area contributed by atoms with Crippen LogP contribution in [0.5, 0.6) is 0 Å². The fourth-order valence-electron chi connectivity index (χ4n) is 3.48. The quantitative estimate of drug-likeness (QED) is 0.807. The second kappa shape index (κ2) is 5.30. The molecule has 0 saturated heterocycles. The van der Waals surface area contributed by atoms with E-state index in [2.05, 4.69) is 20.3 Å². The van der Waals surface area contributed by atoms with E-state index in [1.165, 1.54) is 0 Å². The molecule has 2 fully saturated rings. The number of aliphatic hydroxyl groups is 1. The maximum Gasteiger partial charge on any atom is 0.255 e. The van der Waals surface area contributed by atoms with Crippen LogP contribution in [0, 0.1) is 0 Å². The van der Waals surface area contributed by atoms with Crippen LogP contribution in [0.25, 0.3) is 11.2 Å². The lowest BCUT2D eigenvalue weighted by Gasteiger charge is -2.30. The number of carbonyl (C=O) groups is 1. The van der Waals surface area contributed by atoms with Gasteiger partial charge in [0.15, 0.2) is 5.65 Å². The highest BCUT2D eigenvalue weighted by molar-refractivity contribution is 6.04. The van der Waals surface area contributed by atoms with Gasteiger partial charge in [0.05, 0.1) is 29.1 Å². The predicted molar refractivity (Wildman–Crippen MR) is 86.2 cm³/mol. The first kappa shape index (κ1) is 14.6. The number of amides is 1. The first-order chi connectivity index (χ1) is 11.1. The molecule has 0 bridgehead atoms. The van der Waals surface area contributed by atoms with Gasteiger partial charge in [-0.25, -0.2) is 9.97 Å². The van der Waals surface area contributed by atoms with Crippen molar-refractivity contribution in [1.82, 2.24) is 20.3 Å². The molecule has 2 aromatic rings. The van der Waals surface area contributed by atoms with Gasteiger partial charge in [-0.15, -0.1) is 0 Å². The Kier molecular flexibility index (Phi) is 3.37. The number of nitrogens with zero attached hydrogens (tertiary/aromatic N) is 2. The van der Waals surface area contributed by atoms with Crippen LogP contribution >= 0.6 is 0 Å². The van der Waals surface area contributed by atoms with Gasteiger partial charge < -0.3 is 15.4 Å². The van der Waals surface area contributed by atoms with E-state index >= 15 is 0 Å². The second-order valence-corrected chi connectivity index (χ2v) is 6.97. The molecule has 0 aliphatic heterocycles. The molecule has 2 aliphatic carbocycles. The largest absolute Gasteiger partial charge is 0.388 e. The van der Waals surface area contributed by atoms with Crippen LogP contribution in [0.2, 0.25) is 0 Å². The van der Waals surface area contributed by atoms with E-state index in [0.29, 0.717) is 22.6 Å². The maximum absolute atomic E-state index is 12.6. The van der Waals surface area contributed by atoms with Crippen molar-refractivity contribution in [2.75, 3.05) is 0 Å². The molecule has 122 valence electrons. The van der Waals surface area contributed by atoms with Crippen LogP contribution in [0.4, 0.5) is 0 Å². The average molecular weight is 314 g/mol. The first-order valence-electron chi connectivity index (χ1n) is 8.44. The third-order valence-corrected chi connectivity index (χ3v) is 5.26. The van der Waals surface area contributed by atoms with E-state index in [1.807, 2.05) is 6.92 Å². The molecule has 6 heteroatoms. The van der Waals surface area contributed by atoms with Crippen LogP contribution < -0.4 is 5.32 Å². The third kappa shape index (κ3) is 2.61. The number of H-pyrrole nitrogens is 1. The normalized spacial score (nSPS) is 21.5. The molecule has 2 aliphatic rings. The number of hydrogen-bond acceptors (Lipinski definition) is 4. The molecule has 1 unspecified atom stereocenters. The summed E-state index contributed by atoms with van der Waals surface area (Å²) in [5.74, 6) is 0.294. The van der Waals surface area contributed by atoms with Crippen LogP contribution in [-0.2, 0) is 0 Å². The summed E-state index contributed by atoms with van der Waals surface area (Å²) in [5.41, 5.74) is 1.94. The third-order valence-electron chi connectivity index (χ3n) is 5.26. The van der Waals surface area contributed by atoms with Crippen molar-refractivity contribution in [1.29, 1.82) is 0 Å². The van der Waals surface area contributed by atoms with Gasteiger partial charge in [-0.1, -0.05) is 12.8 Å². The summed E-state index contributed by atoms with van der Waals surface area (Å²) in [6.07, 6.45) is 9.26. The van der Waals surface area contributed by atoms with Crippen LogP contribution in [-0.4, -0.2) is 37.6 Å². The molecule has 2 aromatic heterocycles. The van der Waals surface area contributed by atoms with Crippen molar-refractivity contribution in [3.05, 3.63) is 23.7 Å². The highest BCUT2D eigenvalue weighted by Crippen LogP contribution is 2.39. The summed E-state index contributed by atoms with van der Waals surface area (Å²) >= 11 is 0. The first-order valence-corrected chi connectivity index (χ1v) is 8.44. The summed E-state index contributed by atoms with van der Waals surface area (Å²) in [6.45, 7) is 1.87. The second-order valence-electron chi connectivity index (χ2n) is 6.97. The van der Waals surface area contributed by atoms with Gasteiger partial charge in [0, 0.05) is 12.1 Å². The monoisotopic (exact) mass is 314 g/mol. The van der Waals surface area contributed by atoms with Crippen LogP contribution in [0.3, 0.4) is 0 Å². The number of fused-ring (bicyclic) bond motifs is 1. The number of hydrogen-bond donors (Lipinski definition) is 3. The molecule has 0 spiro atoms. The van der Waals surface area contributed by atoms with Crippen LogP contribution in [0.15, 0.2) is 12.4 Å². The number of aromatic nitrogens is 3. The fraction of sp³-hybridized carbons (Fsp3) is 0.588. The summed E-state index contributed by atoms with van der Waals surface area (Å²) in [4.78, 5) is 24.6. The summed E-state index contributed by atoms with van der Waals surface area (Å²) in [7, 11) is 0. The van der Waals surface area contributed by atoms with Crippen LogP contribution in [0.1, 0.15) is 67.4 Å². The lowest BCUT2D eigenvalue weighted by molar-refractivity contribution is 0.0140. The molecule has 6 nitrogen and oxygen atoms in total. The minimum absolute atomic E-state index is 0.202. The molecule has 3 N–H and O–H groups in total. The molecular formula is C17H22N4O2. The van der Waals surface area contributed by atoms with Crippen molar-refractivity contribution in [2.45, 2.75) is 63.0 Å². The minimum atomic E-state index is -0.785. The minimum Gasteiger partial charge on any atom is -0.388 e. The van der Waals surface area contributed by atoms with Gasteiger partial charge in [-0.2, -0.15) is 0 Å². The smallest absolute Gasteiger partial charge is 0.255 e. The van der Waals surface area contributed by atoms with Crippen molar-refractivity contribution >= 4 is 17.1 Å². The molecule has 1 amide bonds. The Morgan fingerprint density at radius 3 is 2.87 bits per heavy atom. The van der Waals surface area contributed by atoms with Gasteiger partial charge in [-0.05, 0) is 32.6 Å². The zero-order valence-electron chi connectivity index (χ0n) is 13.3. The van der Waals surface area contributed by atoms with Crippen molar-refractivity contribution < 1.29 is 9.90 Å². The number of nitrogens with one attached hydrogen (secondary N) is 2. The van der Waals surface area contributed by atoms with E-state index < -0.39 is 5.60 Å². The Bertz CT molecular complexity index is 744. The molecular weight excluding hydrogens is 292 g/mol. The van der Waals surface area contributed by atoms with Gasteiger partial charge in [0.25, 0.3) is 5.91 Å². The molecule has 4 rings (SSSR count). The predicted octanol–water partition coefficient (Wildman–Crippen LogP) is 2.26. The Hall–Kier alpha value is -1.95. The highest BCUT2D eigenvalue weighted by Gasteiger charge is 2.38. The molecule has 0 aromatic carbocycles. The number of aromatic amines is 1. The van der Waals surface area contributed by atoms with E-state index in [9.17, 15) is 9.90 Å². The van der Waals surface area contributed by atoms with Gasteiger partial charge >= 0.3 is 0 Å². The van der Waals surface area contributed by atoms with E-state index in [4.69, 9.17) is 0 Å². The zero-order chi connectivity index (χ0) is 16.0. The molecule has 2 saturated carbocycles. The van der Waals surface area contributed by atoms with Crippen molar-refractivity contribution in [3.8, 4) is 0 Å². The Morgan fingerprint density at radius 1 is 1.43 bits per heavy atom. The highest BCUT2D eigenvalue weighted by atomic mass is 16.3. The number of carbonyl (C=O) groups excluding carboxylic acids is 1. The maximum atomic E-state index is 12.6. The molecule has 23 heavy (non-hydrogen) atoms. The van der Waals surface area contributed by atoms with E-state index in [1.54, 1.807) is 12.4 Å². The standard InChI is InChI=1S/C17H22N4O2/c1-10(17(23)6-2-3-7-17)20-16(22)12-8-18-15-14(12)21-13(9-19-15)11-4-5-11/h8-11,23H,2-7H2,1H3,(H,18,19)(H,20,22). The number of rotatable bonds is 4. The Balaban J connectivity index is 1.58. The van der Waals surface area contributed by atoms with Gasteiger partial charge in [0.2, 0.25) is 0 Å². The Labute approximate surface area is 134 Å². The van der Waals surface area contributed by atoms with Crippen molar-refractivity contribution in [2.24, 2.45) is 0 Å². The van der Waals surface area contributed by atoms with E-state index in [-0.39, 0.29) is 11.9 Å².